The third-order valence-electron chi connectivity index (χ3n) is 4.16. The van der Waals surface area contributed by atoms with E-state index in [1.54, 1.807) is 7.11 Å². The largest absolute Gasteiger partial charge is 0.497 e. The maximum absolute atomic E-state index is 11.4. The lowest BCUT2D eigenvalue weighted by Crippen LogP contribution is -2.00. The topological polar surface area (TPSA) is 35.5 Å². The standard InChI is InChI=1S/C18H17ClO3/c1-21-13-7-8-14(17(19)9-13)16-10-15(16)11-3-5-12(6-4-11)18(20)22-2/h3-9,15-16H,10H2,1-2H3. The van der Waals surface area contributed by atoms with Crippen LogP contribution in [0, 0.1) is 0 Å². The fourth-order valence-corrected chi connectivity index (χ4v) is 3.14. The molecule has 2 atom stereocenters. The minimum atomic E-state index is -0.308. The van der Waals surface area contributed by atoms with Crippen molar-refractivity contribution in [2.24, 2.45) is 0 Å². The van der Waals surface area contributed by atoms with E-state index in [4.69, 9.17) is 21.1 Å². The number of benzene rings is 2. The molecule has 1 fully saturated rings. The number of halogens is 1. The molecule has 1 aliphatic carbocycles. The average molecular weight is 317 g/mol. The molecule has 0 N–H and O–H groups in total. The first-order chi connectivity index (χ1) is 10.6. The van der Waals surface area contributed by atoms with Gasteiger partial charge in [-0.3, -0.25) is 0 Å². The van der Waals surface area contributed by atoms with Gasteiger partial charge in [0.15, 0.2) is 0 Å². The molecule has 2 aromatic carbocycles. The molecule has 0 saturated heterocycles. The predicted octanol–water partition coefficient (Wildman–Crippen LogP) is 4.41. The summed E-state index contributed by atoms with van der Waals surface area (Å²) < 4.78 is 9.89. The summed E-state index contributed by atoms with van der Waals surface area (Å²) in [5.74, 6) is 1.35. The minimum Gasteiger partial charge on any atom is -0.497 e. The number of hydrogen-bond donors (Lipinski definition) is 0. The van der Waals surface area contributed by atoms with Crippen molar-refractivity contribution in [2.45, 2.75) is 18.3 Å². The molecule has 0 radical (unpaired) electrons. The van der Waals surface area contributed by atoms with Crippen LogP contribution in [0.1, 0.15) is 39.7 Å². The molecule has 4 heteroatoms. The number of rotatable bonds is 4. The van der Waals surface area contributed by atoms with E-state index in [1.165, 1.54) is 12.7 Å². The first-order valence-electron chi connectivity index (χ1n) is 7.15. The minimum absolute atomic E-state index is 0.308. The van der Waals surface area contributed by atoms with E-state index in [1.807, 2.05) is 42.5 Å². The molecule has 0 aliphatic heterocycles. The average Bonchev–Trinajstić information content (AvgIpc) is 3.34. The van der Waals surface area contributed by atoms with Gasteiger partial charge in [-0.2, -0.15) is 0 Å². The number of hydrogen-bond acceptors (Lipinski definition) is 3. The molecule has 0 bridgehead atoms. The first kappa shape index (κ1) is 14.9. The molecule has 22 heavy (non-hydrogen) atoms. The Morgan fingerprint density at radius 3 is 2.41 bits per heavy atom. The highest BCUT2D eigenvalue weighted by molar-refractivity contribution is 6.31. The molecular formula is C18H17ClO3. The lowest BCUT2D eigenvalue weighted by molar-refractivity contribution is 0.0600. The van der Waals surface area contributed by atoms with Gasteiger partial charge < -0.3 is 9.47 Å². The van der Waals surface area contributed by atoms with Crippen LogP contribution in [0.3, 0.4) is 0 Å². The highest BCUT2D eigenvalue weighted by Crippen LogP contribution is 2.56. The second kappa shape index (κ2) is 6.01. The van der Waals surface area contributed by atoms with Gasteiger partial charge in [-0.05, 0) is 53.6 Å². The van der Waals surface area contributed by atoms with E-state index in [0.29, 0.717) is 17.4 Å². The molecule has 0 aromatic heterocycles. The Kier molecular flexibility index (Phi) is 4.08. The zero-order valence-corrected chi connectivity index (χ0v) is 13.3. The van der Waals surface area contributed by atoms with Crippen LogP contribution in [0.25, 0.3) is 0 Å². The zero-order valence-electron chi connectivity index (χ0n) is 12.5. The number of ether oxygens (including phenoxy) is 2. The van der Waals surface area contributed by atoms with Gasteiger partial charge in [-0.25, -0.2) is 4.79 Å². The quantitative estimate of drug-likeness (QED) is 0.784. The van der Waals surface area contributed by atoms with Crippen molar-refractivity contribution in [1.82, 2.24) is 0 Å². The second-order valence-corrected chi connectivity index (χ2v) is 5.86. The Morgan fingerprint density at radius 2 is 1.82 bits per heavy atom. The summed E-state index contributed by atoms with van der Waals surface area (Å²) in [4.78, 5) is 11.4. The van der Waals surface area contributed by atoms with Crippen LogP contribution >= 0.6 is 11.6 Å². The molecule has 2 aromatic rings. The molecule has 2 unspecified atom stereocenters. The van der Waals surface area contributed by atoms with Crippen molar-refractivity contribution in [1.29, 1.82) is 0 Å². The van der Waals surface area contributed by atoms with Gasteiger partial charge in [0, 0.05) is 5.02 Å². The Morgan fingerprint density at radius 1 is 1.09 bits per heavy atom. The summed E-state index contributed by atoms with van der Waals surface area (Å²) in [7, 11) is 3.02. The van der Waals surface area contributed by atoms with E-state index in [0.717, 1.165) is 22.8 Å². The van der Waals surface area contributed by atoms with Gasteiger partial charge in [-0.1, -0.05) is 29.8 Å². The van der Waals surface area contributed by atoms with Crippen molar-refractivity contribution in [3.05, 3.63) is 64.2 Å². The van der Waals surface area contributed by atoms with Gasteiger partial charge in [0.05, 0.1) is 19.8 Å². The highest BCUT2D eigenvalue weighted by atomic mass is 35.5. The van der Waals surface area contributed by atoms with E-state index >= 15 is 0 Å². The van der Waals surface area contributed by atoms with E-state index in [2.05, 4.69) is 0 Å². The van der Waals surface area contributed by atoms with Gasteiger partial charge in [0.2, 0.25) is 0 Å². The van der Waals surface area contributed by atoms with Crippen LogP contribution in [0.2, 0.25) is 5.02 Å². The predicted molar refractivity (Wildman–Crippen MR) is 85.9 cm³/mol. The Bertz CT molecular complexity index is 694. The summed E-state index contributed by atoms with van der Waals surface area (Å²) >= 11 is 6.34. The third-order valence-corrected chi connectivity index (χ3v) is 4.48. The van der Waals surface area contributed by atoms with Gasteiger partial charge in [-0.15, -0.1) is 0 Å². The van der Waals surface area contributed by atoms with Gasteiger partial charge >= 0.3 is 5.97 Å². The fraction of sp³-hybridized carbons (Fsp3) is 0.278. The molecule has 0 amide bonds. The number of carbonyl (C=O) groups is 1. The van der Waals surface area contributed by atoms with Gasteiger partial charge in [0.25, 0.3) is 0 Å². The maximum Gasteiger partial charge on any atom is 0.337 e. The van der Waals surface area contributed by atoms with Crippen LogP contribution in [0.15, 0.2) is 42.5 Å². The number of carbonyl (C=O) groups excluding carboxylic acids is 1. The van der Waals surface area contributed by atoms with Crippen LogP contribution in [-0.2, 0) is 4.74 Å². The Hall–Kier alpha value is -2.00. The van der Waals surface area contributed by atoms with Crippen LogP contribution in [0.4, 0.5) is 0 Å². The lowest BCUT2D eigenvalue weighted by Gasteiger charge is -2.07. The first-order valence-corrected chi connectivity index (χ1v) is 7.53. The summed E-state index contributed by atoms with van der Waals surface area (Å²) in [6, 6.07) is 13.4. The van der Waals surface area contributed by atoms with Crippen molar-refractivity contribution < 1.29 is 14.3 Å². The van der Waals surface area contributed by atoms with Crippen molar-refractivity contribution in [2.75, 3.05) is 14.2 Å². The molecule has 3 rings (SSSR count). The maximum atomic E-state index is 11.4. The molecule has 1 aliphatic rings. The SMILES string of the molecule is COC(=O)c1ccc(C2CC2c2ccc(OC)cc2Cl)cc1. The van der Waals surface area contributed by atoms with E-state index < -0.39 is 0 Å². The summed E-state index contributed by atoms with van der Waals surface area (Å²) in [6.07, 6.45) is 1.07. The van der Waals surface area contributed by atoms with Crippen LogP contribution < -0.4 is 4.74 Å². The lowest BCUT2D eigenvalue weighted by atomic mass is 10.0. The van der Waals surface area contributed by atoms with Crippen LogP contribution in [-0.4, -0.2) is 20.2 Å². The molecule has 1 saturated carbocycles. The van der Waals surface area contributed by atoms with Crippen molar-refractivity contribution in [3.63, 3.8) is 0 Å². The Labute approximate surface area is 134 Å². The summed E-state index contributed by atoms with van der Waals surface area (Å²) in [6.45, 7) is 0. The molecule has 114 valence electrons. The summed E-state index contributed by atoms with van der Waals surface area (Å²) in [5.41, 5.74) is 2.96. The molecule has 0 spiro atoms. The molecule has 3 nitrogen and oxygen atoms in total. The monoisotopic (exact) mass is 316 g/mol. The number of methoxy groups -OCH3 is 2. The highest BCUT2D eigenvalue weighted by Gasteiger charge is 2.40. The van der Waals surface area contributed by atoms with Crippen LogP contribution in [0.5, 0.6) is 5.75 Å². The van der Waals surface area contributed by atoms with Crippen molar-refractivity contribution in [3.8, 4) is 5.75 Å². The fourth-order valence-electron chi connectivity index (χ4n) is 2.83. The summed E-state index contributed by atoms with van der Waals surface area (Å²) in [5, 5.41) is 0.748. The second-order valence-electron chi connectivity index (χ2n) is 5.45. The Balaban J connectivity index is 1.75. The van der Waals surface area contributed by atoms with Crippen molar-refractivity contribution >= 4 is 17.6 Å². The van der Waals surface area contributed by atoms with E-state index in [9.17, 15) is 4.79 Å². The molecule has 0 heterocycles. The molecular weight excluding hydrogens is 300 g/mol. The van der Waals surface area contributed by atoms with Gasteiger partial charge in [0.1, 0.15) is 5.75 Å². The third kappa shape index (κ3) is 2.81. The smallest absolute Gasteiger partial charge is 0.337 e. The van der Waals surface area contributed by atoms with E-state index in [-0.39, 0.29) is 5.97 Å². The number of esters is 1. The normalized spacial score (nSPS) is 19.6. The zero-order chi connectivity index (χ0) is 15.7.